The zero-order chi connectivity index (χ0) is 16.6. The Morgan fingerprint density at radius 3 is 2.27 bits per heavy atom. The molecule has 0 bridgehead atoms. The molecule has 0 N–H and O–H groups in total. The molecule has 1 spiro atoms. The molecule has 2 aliphatic rings. The van der Waals surface area contributed by atoms with Crippen molar-refractivity contribution < 1.29 is 13.9 Å². The molecule has 1 fully saturated rings. The van der Waals surface area contributed by atoms with Crippen molar-refractivity contribution in [2.45, 2.75) is 77.8 Å². The minimum atomic E-state index is -1.59. The highest BCUT2D eigenvalue weighted by atomic mass is 28.4. The zero-order valence-corrected chi connectivity index (χ0v) is 16.5. The Balaban J connectivity index is 1.61. The van der Waals surface area contributed by atoms with Gasteiger partial charge in [-0.15, -0.1) is 0 Å². The summed E-state index contributed by atoms with van der Waals surface area (Å²) in [5.74, 6) is -0.421. The predicted octanol–water partition coefficient (Wildman–Crippen LogP) is 4.89. The van der Waals surface area contributed by atoms with E-state index in [1.54, 1.807) is 0 Å². The van der Waals surface area contributed by atoms with Gasteiger partial charge in [0.05, 0.1) is 13.2 Å². The van der Waals surface area contributed by atoms with Gasteiger partial charge in [0, 0.05) is 12.0 Å². The maximum atomic E-state index is 6.22. The van der Waals surface area contributed by atoms with Gasteiger partial charge in [-0.2, -0.15) is 0 Å². The Morgan fingerprint density at radius 1 is 1.14 bits per heavy atom. The third-order valence-corrected chi connectivity index (χ3v) is 9.73. The normalized spacial score (nSPS) is 23.5. The lowest BCUT2D eigenvalue weighted by atomic mass is 9.95. The average Bonchev–Trinajstić information content (AvgIpc) is 3.05. The number of ether oxygens (including phenoxy) is 2. The van der Waals surface area contributed by atoms with Crippen LogP contribution in [-0.2, 0) is 13.9 Å². The Kier molecular flexibility index (Phi) is 4.99. The van der Waals surface area contributed by atoms with Crippen molar-refractivity contribution in [3.8, 4) is 0 Å². The molecule has 1 aliphatic carbocycles. The second-order valence-corrected chi connectivity index (χ2v) is 14.0. The number of hydrogen-bond donors (Lipinski definition) is 0. The molecular weight excluding hydrogens is 292 g/mol. The fraction of sp³-hybridized carbons (Fsp3) is 0.889. The van der Waals surface area contributed by atoms with Gasteiger partial charge < -0.3 is 13.9 Å². The van der Waals surface area contributed by atoms with Gasteiger partial charge in [-0.25, -0.2) is 0 Å². The first kappa shape index (κ1) is 18.2. The third kappa shape index (κ3) is 4.22. The van der Waals surface area contributed by atoms with Crippen LogP contribution in [0, 0.1) is 5.41 Å². The van der Waals surface area contributed by atoms with Gasteiger partial charge in [0.2, 0.25) is 5.79 Å². The summed E-state index contributed by atoms with van der Waals surface area (Å²) in [5.41, 5.74) is 1.47. The average molecular weight is 327 g/mol. The third-order valence-electron chi connectivity index (χ3n) is 5.19. The minimum Gasteiger partial charge on any atom is -0.417 e. The number of hydrogen-bond acceptors (Lipinski definition) is 3. The Hall–Kier alpha value is -0.163. The maximum Gasteiger partial charge on any atom is 0.211 e. The van der Waals surface area contributed by atoms with Crippen LogP contribution in [0.3, 0.4) is 0 Å². The zero-order valence-electron chi connectivity index (χ0n) is 15.5. The first-order chi connectivity index (χ1) is 9.98. The molecule has 128 valence electrons. The van der Waals surface area contributed by atoms with E-state index in [1.165, 1.54) is 5.57 Å². The van der Waals surface area contributed by atoms with Gasteiger partial charge in [-0.1, -0.05) is 34.6 Å². The van der Waals surface area contributed by atoms with Crippen LogP contribution in [0.1, 0.15) is 53.9 Å². The maximum absolute atomic E-state index is 6.22. The molecule has 2 rings (SSSR count). The summed E-state index contributed by atoms with van der Waals surface area (Å²) in [7, 11) is -1.59. The summed E-state index contributed by atoms with van der Waals surface area (Å²) in [6.45, 7) is 18.3. The molecule has 0 unspecified atom stereocenters. The van der Waals surface area contributed by atoms with Crippen molar-refractivity contribution in [1.82, 2.24) is 0 Å². The quantitative estimate of drug-likeness (QED) is 0.395. The van der Waals surface area contributed by atoms with Crippen molar-refractivity contribution in [2.24, 2.45) is 5.41 Å². The van der Waals surface area contributed by atoms with E-state index < -0.39 is 14.1 Å². The lowest BCUT2D eigenvalue weighted by molar-refractivity contribution is -0.230. The van der Waals surface area contributed by atoms with Crippen LogP contribution in [0.5, 0.6) is 0 Å². The Labute approximate surface area is 137 Å². The molecule has 4 heteroatoms. The van der Waals surface area contributed by atoms with Crippen LogP contribution in [0.15, 0.2) is 11.6 Å². The summed E-state index contributed by atoms with van der Waals surface area (Å²) in [4.78, 5) is 0. The number of rotatable bonds is 6. The highest BCUT2D eigenvalue weighted by Gasteiger charge is 2.50. The molecule has 0 aromatic carbocycles. The highest BCUT2D eigenvalue weighted by Crippen LogP contribution is 2.47. The van der Waals surface area contributed by atoms with Crippen molar-refractivity contribution in [1.29, 1.82) is 0 Å². The van der Waals surface area contributed by atoms with Gasteiger partial charge >= 0.3 is 0 Å². The van der Waals surface area contributed by atoms with Crippen molar-refractivity contribution in [3.63, 3.8) is 0 Å². The van der Waals surface area contributed by atoms with Crippen LogP contribution >= 0.6 is 0 Å². The summed E-state index contributed by atoms with van der Waals surface area (Å²) >= 11 is 0. The second-order valence-electron chi connectivity index (χ2n) is 9.14. The van der Waals surface area contributed by atoms with E-state index >= 15 is 0 Å². The highest BCUT2D eigenvalue weighted by molar-refractivity contribution is 6.74. The summed E-state index contributed by atoms with van der Waals surface area (Å²) in [6.07, 6.45) is 5.49. The van der Waals surface area contributed by atoms with Crippen LogP contribution < -0.4 is 0 Å². The van der Waals surface area contributed by atoms with Crippen LogP contribution in [0.25, 0.3) is 0 Å². The molecule has 0 atom stereocenters. The van der Waals surface area contributed by atoms with Gasteiger partial charge in [-0.05, 0) is 49.0 Å². The first-order valence-corrected chi connectivity index (χ1v) is 11.5. The lowest BCUT2D eigenvalue weighted by Crippen LogP contribution is -2.41. The monoisotopic (exact) mass is 326 g/mol. The summed E-state index contributed by atoms with van der Waals surface area (Å²) in [5, 5.41) is 0.298. The van der Waals surface area contributed by atoms with Crippen LogP contribution in [0.4, 0.5) is 0 Å². The number of unbranched alkanes of at least 4 members (excludes halogenated alkanes) is 1. The van der Waals surface area contributed by atoms with Crippen LogP contribution in [-0.4, -0.2) is 33.9 Å². The van der Waals surface area contributed by atoms with Crippen molar-refractivity contribution >= 4 is 8.32 Å². The molecule has 0 radical (unpaired) electrons. The molecule has 0 aromatic rings. The van der Waals surface area contributed by atoms with Gasteiger partial charge in [-0.3, -0.25) is 0 Å². The Bertz CT molecular complexity index is 422. The van der Waals surface area contributed by atoms with E-state index in [0.717, 1.165) is 39.1 Å². The molecule has 0 aromatic heterocycles. The standard InChI is InChI=1S/C18H34O3Si/c1-16(2,3)22(6,7)21-11-9-8-10-15-12-18(15)19-13-17(4,5)14-20-18/h12H,8-11,13-14H2,1-7H3. The smallest absolute Gasteiger partial charge is 0.211 e. The van der Waals surface area contributed by atoms with E-state index in [9.17, 15) is 0 Å². The van der Waals surface area contributed by atoms with Gasteiger partial charge in [0.15, 0.2) is 8.32 Å². The molecule has 22 heavy (non-hydrogen) atoms. The van der Waals surface area contributed by atoms with E-state index in [1.807, 2.05) is 0 Å². The summed E-state index contributed by atoms with van der Waals surface area (Å²) in [6, 6.07) is 0. The predicted molar refractivity (Wildman–Crippen MR) is 93.5 cm³/mol. The molecule has 0 amide bonds. The molecule has 3 nitrogen and oxygen atoms in total. The SMILES string of the molecule is CC1(C)COC2(C=C2CCCCO[Si](C)(C)C(C)(C)C)OC1. The fourth-order valence-electron chi connectivity index (χ4n) is 2.36. The molecular formula is C18H34O3Si. The summed E-state index contributed by atoms with van der Waals surface area (Å²) < 4.78 is 18.1. The van der Waals surface area contributed by atoms with E-state index in [-0.39, 0.29) is 5.41 Å². The second kappa shape index (κ2) is 6.04. The van der Waals surface area contributed by atoms with E-state index in [4.69, 9.17) is 13.9 Å². The van der Waals surface area contributed by atoms with Gasteiger partial charge in [0.25, 0.3) is 0 Å². The largest absolute Gasteiger partial charge is 0.417 e. The first-order valence-electron chi connectivity index (χ1n) is 8.62. The topological polar surface area (TPSA) is 27.7 Å². The van der Waals surface area contributed by atoms with E-state index in [2.05, 4.69) is 53.8 Å². The lowest BCUT2D eigenvalue weighted by Gasteiger charge is -2.36. The minimum absolute atomic E-state index is 0.143. The molecule has 1 heterocycles. The fourth-order valence-corrected chi connectivity index (χ4v) is 3.45. The van der Waals surface area contributed by atoms with Crippen molar-refractivity contribution in [2.75, 3.05) is 19.8 Å². The molecule has 1 saturated heterocycles. The Morgan fingerprint density at radius 2 is 1.73 bits per heavy atom. The van der Waals surface area contributed by atoms with E-state index in [0.29, 0.717) is 5.04 Å². The van der Waals surface area contributed by atoms with Gasteiger partial charge in [0.1, 0.15) is 0 Å². The van der Waals surface area contributed by atoms with Crippen LogP contribution in [0.2, 0.25) is 18.1 Å². The molecule has 1 aliphatic heterocycles. The molecule has 0 saturated carbocycles. The van der Waals surface area contributed by atoms with Crippen molar-refractivity contribution in [3.05, 3.63) is 11.6 Å².